The fourth-order valence-corrected chi connectivity index (χ4v) is 5.86. The quantitative estimate of drug-likeness (QED) is 0.0135. The highest BCUT2D eigenvalue weighted by atomic mass is 16.5. The minimum Gasteiger partial charge on any atom is -0.494 e. The molecule has 1 heterocycles. The van der Waals surface area contributed by atoms with Crippen LogP contribution in [0.3, 0.4) is 0 Å². The van der Waals surface area contributed by atoms with Gasteiger partial charge in [-0.3, -0.25) is 4.79 Å². The number of esters is 3. The van der Waals surface area contributed by atoms with Gasteiger partial charge in [0, 0.05) is 35.6 Å². The SMILES string of the molecule is C=COC(=O)CCCCCCOc1ccc(Nc2nc(Nc3ccc(OCCCCCCOC(=O)C=C)cc3)nc(Nc3ccc(OCCCCCCOC(=O)C=C)cc3)n2)cc1. The smallest absolute Gasteiger partial charge is 0.330 e. The van der Waals surface area contributed by atoms with E-state index in [0.29, 0.717) is 57.3 Å². The molecule has 0 aliphatic heterocycles. The summed E-state index contributed by atoms with van der Waals surface area (Å²) in [7, 11) is 0. The minimum atomic E-state index is -0.395. The van der Waals surface area contributed by atoms with Gasteiger partial charge in [0.15, 0.2) is 0 Å². The Labute approximate surface area is 370 Å². The minimum absolute atomic E-state index is 0.258. The van der Waals surface area contributed by atoms with E-state index in [1.54, 1.807) is 0 Å². The second kappa shape index (κ2) is 29.4. The van der Waals surface area contributed by atoms with Crippen molar-refractivity contribution in [2.45, 2.75) is 83.5 Å². The van der Waals surface area contributed by atoms with E-state index < -0.39 is 11.9 Å². The van der Waals surface area contributed by atoms with Crippen molar-refractivity contribution in [3.63, 3.8) is 0 Å². The van der Waals surface area contributed by atoms with Crippen LogP contribution in [0.15, 0.2) is 111 Å². The third-order valence-corrected chi connectivity index (χ3v) is 9.16. The molecular weight excluding hydrogens is 805 g/mol. The van der Waals surface area contributed by atoms with Crippen molar-refractivity contribution in [1.82, 2.24) is 15.0 Å². The number of hydrogen-bond acceptors (Lipinski definition) is 15. The molecule has 336 valence electrons. The van der Waals surface area contributed by atoms with Gasteiger partial charge in [-0.15, -0.1) is 0 Å². The predicted molar refractivity (Wildman–Crippen MR) is 244 cm³/mol. The Morgan fingerprint density at radius 1 is 0.444 bits per heavy atom. The first-order chi connectivity index (χ1) is 30.8. The molecule has 0 unspecified atom stereocenters. The summed E-state index contributed by atoms with van der Waals surface area (Å²) in [6, 6.07) is 22.7. The van der Waals surface area contributed by atoms with Gasteiger partial charge in [-0.05, 0) is 137 Å². The summed E-state index contributed by atoms with van der Waals surface area (Å²) in [4.78, 5) is 47.7. The topological polar surface area (TPSA) is 181 Å². The zero-order valence-corrected chi connectivity index (χ0v) is 36.0. The summed E-state index contributed by atoms with van der Waals surface area (Å²) >= 11 is 0. The van der Waals surface area contributed by atoms with Crippen LogP contribution in [0, 0.1) is 0 Å². The van der Waals surface area contributed by atoms with E-state index >= 15 is 0 Å². The molecule has 0 aliphatic rings. The monoisotopic (exact) mass is 864 g/mol. The molecule has 63 heavy (non-hydrogen) atoms. The molecule has 3 aromatic carbocycles. The van der Waals surface area contributed by atoms with Gasteiger partial charge in [0.2, 0.25) is 17.8 Å². The van der Waals surface area contributed by atoms with Crippen LogP contribution in [0.1, 0.15) is 83.5 Å². The highest BCUT2D eigenvalue weighted by molar-refractivity contribution is 5.81. The average Bonchev–Trinajstić information content (AvgIpc) is 3.29. The lowest BCUT2D eigenvalue weighted by atomic mass is 10.1. The maximum Gasteiger partial charge on any atom is 0.330 e. The second-order valence-corrected chi connectivity index (χ2v) is 14.2. The fourth-order valence-electron chi connectivity index (χ4n) is 5.86. The Morgan fingerprint density at radius 3 is 1.08 bits per heavy atom. The number of nitrogens with zero attached hydrogens (tertiary/aromatic N) is 3. The second-order valence-electron chi connectivity index (χ2n) is 14.2. The average molecular weight is 865 g/mol. The van der Waals surface area contributed by atoms with Crippen LogP contribution in [-0.2, 0) is 28.6 Å². The molecule has 4 aromatic rings. The third kappa shape index (κ3) is 21.0. The summed E-state index contributed by atoms with van der Waals surface area (Å²) in [5.41, 5.74) is 2.27. The highest BCUT2D eigenvalue weighted by Crippen LogP contribution is 2.25. The summed E-state index contributed by atoms with van der Waals surface area (Å²) in [6.45, 7) is 12.7. The van der Waals surface area contributed by atoms with Crippen LogP contribution in [0.5, 0.6) is 17.2 Å². The van der Waals surface area contributed by atoms with Gasteiger partial charge in [0.1, 0.15) is 17.2 Å². The lowest BCUT2D eigenvalue weighted by molar-refractivity contribution is -0.138. The first-order valence-electron chi connectivity index (χ1n) is 21.5. The number of nitrogens with one attached hydrogen (secondary N) is 3. The van der Waals surface area contributed by atoms with Gasteiger partial charge >= 0.3 is 17.9 Å². The van der Waals surface area contributed by atoms with Crippen LogP contribution in [0.2, 0.25) is 0 Å². The fraction of sp³-hybridized carbons (Fsp3) is 0.375. The maximum atomic E-state index is 11.4. The number of rotatable bonds is 33. The summed E-state index contributed by atoms with van der Waals surface area (Å²) < 4.78 is 32.6. The zero-order chi connectivity index (χ0) is 44.7. The number of hydrogen-bond donors (Lipinski definition) is 3. The van der Waals surface area contributed by atoms with Crippen LogP contribution in [0.4, 0.5) is 34.9 Å². The molecule has 3 N–H and O–H groups in total. The summed E-state index contributed by atoms with van der Waals surface area (Å²) in [5, 5.41) is 9.85. The Morgan fingerprint density at radius 2 is 0.762 bits per heavy atom. The van der Waals surface area contributed by atoms with Gasteiger partial charge in [-0.2, -0.15) is 15.0 Å². The number of aromatic nitrogens is 3. The molecule has 0 amide bonds. The molecule has 15 heteroatoms. The van der Waals surface area contributed by atoms with E-state index in [9.17, 15) is 14.4 Å². The Kier molecular flexibility index (Phi) is 22.7. The van der Waals surface area contributed by atoms with E-state index in [0.717, 1.165) is 118 Å². The Bertz CT molecular complexity index is 1890. The maximum absolute atomic E-state index is 11.4. The number of carbonyl (C=O) groups is 3. The van der Waals surface area contributed by atoms with Crippen LogP contribution in [-0.4, -0.2) is 65.9 Å². The number of unbranched alkanes of at least 4 members (excludes halogenated alkanes) is 9. The summed E-state index contributed by atoms with van der Waals surface area (Å²) in [6.07, 6.45) is 14.6. The molecular formula is C48H60N6O9. The molecule has 15 nitrogen and oxygen atoms in total. The molecule has 0 aliphatic carbocycles. The summed E-state index contributed by atoms with van der Waals surface area (Å²) in [5.74, 6) is 2.13. The standard InChI is InChI=1S/C48H60N6O9/c1-4-43(55)62-35-17-11-9-15-33-60-41-28-22-38(23-29-41)50-47-52-46(49-37-20-26-40(27-21-37)59-32-14-8-7-13-19-45(57)58-6-3)53-48(54-47)51-39-24-30-42(31-25-39)61-34-16-10-12-18-36-63-44(56)5-2/h4-6,20-31H,1-3,7-19,32-36H2,(H3,49,50,51,52,53,54). The van der Waals surface area contributed by atoms with Crippen molar-refractivity contribution < 1.29 is 42.8 Å². The Hall–Kier alpha value is -6.90. The molecule has 0 saturated heterocycles. The third-order valence-electron chi connectivity index (χ3n) is 9.16. The number of benzene rings is 3. The molecule has 0 spiro atoms. The highest BCUT2D eigenvalue weighted by Gasteiger charge is 2.10. The molecule has 0 bridgehead atoms. The van der Waals surface area contributed by atoms with Crippen molar-refractivity contribution in [1.29, 1.82) is 0 Å². The van der Waals surface area contributed by atoms with E-state index in [2.05, 4.69) is 50.6 Å². The first kappa shape index (κ1) is 48.8. The molecule has 0 radical (unpaired) electrons. The van der Waals surface area contributed by atoms with E-state index in [-0.39, 0.29) is 5.97 Å². The van der Waals surface area contributed by atoms with Crippen LogP contribution < -0.4 is 30.2 Å². The normalized spacial score (nSPS) is 10.5. The lowest BCUT2D eigenvalue weighted by Gasteiger charge is -2.13. The van der Waals surface area contributed by atoms with Crippen molar-refractivity contribution in [2.24, 2.45) is 0 Å². The van der Waals surface area contributed by atoms with Crippen LogP contribution in [0.25, 0.3) is 0 Å². The number of anilines is 6. The van der Waals surface area contributed by atoms with Crippen molar-refractivity contribution in [3.05, 3.63) is 111 Å². The van der Waals surface area contributed by atoms with Gasteiger partial charge in [0.05, 0.1) is 39.3 Å². The van der Waals surface area contributed by atoms with Gasteiger partial charge in [-0.1, -0.05) is 32.6 Å². The van der Waals surface area contributed by atoms with Crippen molar-refractivity contribution in [3.8, 4) is 17.2 Å². The van der Waals surface area contributed by atoms with Crippen molar-refractivity contribution >= 4 is 52.8 Å². The largest absolute Gasteiger partial charge is 0.494 e. The van der Waals surface area contributed by atoms with Gasteiger partial charge in [-0.25, -0.2) is 9.59 Å². The molecule has 0 saturated carbocycles. The van der Waals surface area contributed by atoms with E-state index in [1.807, 2.05) is 72.8 Å². The van der Waals surface area contributed by atoms with E-state index in [1.165, 1.54) is 12.2 Å². The molecule has 0 atom stereocenters. The molecule has 4 rings (SSSR count). The number of carbonyl (C=O) groups excluding carboxylic acids is 3. The van der Waals surface area contributed by atoms with Gasteiger partial charge in [0.25, 0.3) is 0 Å². The zero-order valence-electron chi connectivity index (χ0n) is 36.0. The van der Waals surface area contributed by atoms with Crippen molar-refractivity contribution in [2.75, 3.05) is 49.0 Å². The first-order valence-corrected chi connectivity index (χ1v) is 21.5. The molecule has 0 fully saturated rings. The van der Waals surface area contributed by atoms with Gasteiger partial charge < -0.3 is 44.4 Å². The number of ether oxygens (including phenoxy) is 6. The lowest BCUT2D eigenvalue weighted by Crippen LogP contribution is -2.07. The predicted octanol–water partition coefficient (Wildman–Crippen LogP) is 10.5. The van der Waals surface area contributed by atoms with Crippen LogP contribution >= 0.6 is 0 Å². The van der Waals surface area contributed by atoms with E-state index in [4.69, 9.17) is 28.4 Å². The Balaban J connectivity index is 1.31. The molecule has 1 aromatic heterocycles.